The second-order valence-corrected chi connectivity index (χ2v) is 7.96. The minimum atomic E-state index is -5.46. The van der Waals surface area contributed by atoms with Gasteiger partial charge in [-0.05, 0) is 42.5 Å². The number of carbonyl (C=O) groups excluding carboxylic acids is 4. The third-order valence-electron chi connectivity index (χ3n) is 5.10. The Hall–Kier alpha value is -3.44. The molecule has 0 saturated carbocycles. The van der Waals surface area contributed by atoms with Crippen molar-refractivity contribution in [2.24, 2.45) is 10.9 Å². The normalized spacial score (nSPS) is 22.6. The van der Waals surface area contributed by atoms with Gasteiger partial charge in [-0.15, -0.1) is 0 Å². The molecule has 2 aromatic carbocycles. The van der Waals surface area contributed by atoms with Gasteiger partial charge in [0.25, 0.3) is 11.8 Å². The lowest BCUT2D eigenvalue weighted by atomic mass is 9.81. The first-order valence-corrected chi connectivity index (χ1v) is 9.89. The van der Waals surface area contributed by atoms with Crippen LogP contribution in [0, 0.1) is 5.92 Å². The van der Waals surface area contributed by atoms with Crippen molar-refractivity contribution in [2.75, 3.05) is 4.90 Å². The minimum Gasteiger partial charge on any atom is -0.329 e. The molecule has 2 heterocycles. The number of benzene rings is 2. The lowest BCUT2D eigenvalue weighted by molar-refractivity contribution is -0.201. The maximum atomic E-state index is 14.4. The Kier molecular flexibility index (Phi) is 5.41. The van der Waals surface area contributed by atoms with Gasteiger partial charge in [-0.1, -0.05) is 29.3 Å². The summed E-state index contributed by atoms with van der Waals surface area (Å²) in [7, 11) is 0. The van der Waals surface area contributed by atoms with Gasteiger partial charge in [0.15, 0.2) is 0 Å². The van der Waals surface area contributed by atoms with Crippen molar-refractivity contribution < 1.29 is 32.3 Å². The van der Waals surface area contributed by atoms with E-state index in [2.05, 4.69) is 4.99 Å². The van der Waals surface area contributed by atoms with Crippen LogP contribution in [-0.2, 0) is 9.59 Å². The Morgan fingerprint density at radius 2 is 1.73 bits per heavy atom. The van der Waals surface area contributed by atoms with Crippen LogP contribution < -0.4 is 15.5 Å². The molecule has 2 unspecified atom stereocenters. The lowest BCUT2D eigenvalue weighted by Gasteiger charge is -2.39. The quantitative estimate of drug-likeness (QED) is 0.676. The van der Waals surface area contributed by atoms with E-state index in [0.717, 1.165) is 6.07 Å². The number of fused-ring (bicyclic) bond motifs is 1. The number of hydrogen-bond donors (Lipinski definition) is 2. The van der Waals surface area contributed by atoms with E-state index in [1.807, 2.05) is 0 Å². The zero-order chi connectivity index (χ0) is 24.1. The SMILES string of the molecule is O=C(NC1(C(F)(F)F)C(=O)N=C2C1C(=O)NC(=O)N2c1ccc(Cl)cc1)c1cccc(Cl)c1. The number of carbonyl (C=O) groups is 4. The standard InChI is InChI=1S/C20H11Cl2F3N4O4/c21-10-4-6-12(7-5-10)29-14-13(16(31)27-18(29)33)19(17(32)26-14,20(23,24)25)28-15(30)9-2-1-3-11(22)8-9/h1-8,13H,(H,28,30)(H,27,31,33). The van der Waals surface area contributed by atoms with Gasteiger partial charge in [0.1, 0.15) is 11.8 Å². The van der Waals surface area contributed by atoms with Crippen LogP contribution in [0.25, 0.3) is 0 Å². The van der Waals surface area contributed by atoms with Crippen molar-refractivity contribution in [1.29, 1.82) is 0 Å². The number of nitrogens with one attached hydrogen (secondary N) is 2. The monoisotopic (exact) mass is 498 g/mol. The van der Waals surface area contributed by atoms with Crippen LogP contribution in [0.1, 0.15) is 10.4 Å². The van der Waals surface area contributed by atoms with E-state index in [0.29, 0.717) is 4.90 Å². The van der Waals surface area contributed by atoms with Gasteiger partial charge < -0.3 is 5.32 Å². The molecule has 0 bridgehead atoms. The fraction of sp³-hybridized carbons (Fsp3) is 0.150. The van der Waals surface area contributed by atoms with Crippen LogP contribution in [0.2, 0.25) is 10.0 Å². The molecule has 0 aromatic heterocycles. The first-order valence-electron chi connectivity index (χ1n) is 9.14. The van der Waals surface area contributed by atoms with E-state index >= 15 is 0 Å². The zero-order valence-electron chi connectivity index (χ0n) is 16.1. The van der Waals surface area contributed by atoms with Gasteiger partial charge >= 0.3 is 12.2 Å². The second kappa shape index (κ2) is 7.85. The molecule has 1 saturated heterocycles. The molecular formula is C20H11Cl2F3N4O4. The molecule has 170 valence electrons. The summed E-state index contributed by atoms with van der Waals surface area (Å²) in [6.07, 6.45) is -5.46. The number of imide groups is 1. The van der Waals surface area contributed by atoms with Gasteiger partial charge in [0.2, 0.25) is 11.4 Å². The second-order valence-electron chi connectivity index (χ2n) is 7.08. The molecule has 8 nitrogen and oxygen atoms in total. The lowest BCUT2D eigenvalue weighted by Crippen LogP contribution is -2.72. The maximum Gasteiger partial charge on any atom is 0.422 e. The first kappa shape index (κ1) is 22.7. The fourth-order valence-electron chi connectivity index (χ4n) is 3.61. The van der Waals surface area contributed by atoms with Gasteiger partial charge in [-0.25, -0.2) is 9.69 Å². The molecule has 0 spiro atoms. The number of rotatable bonds is 3. The molecule has 4 rings (SSSR count). The van der Waals surface area contributed by atoms with Crippen LogP contribution >= 0.6 is 23.2 Å². The van der Waals surface area contributed by atoms with Crippen molar-refractivity contribution in [2.45, 2.75) is 11.7 Å². The summed E-state index contributed by atoms with van der Waals surface area (Å²) in [6, 6.07) is 9.15. The Morgan fingerprint density at radius 1 is 1.06 bits per heavy atom. The van der Waals surface area contributed by atoms with Crippen molar-refractivity contribution in [1.82, 2.24) is 10.6 Å². The van der Waals surface area contributed by atoms with Crippen molar-refractivity contribution in [3.05, 3.63) is 64.1 Å². The molecule has 33 heavy (non-hydrogen) atoms. The average molecular weight is 499 g/mol. The van der Waals surface area contributed by atoms with Crippen LogP contribution in [0.4, 0.5) is 23.7 Å². The predicted octanol–water partition coefficient (Wildman–Crippen LogP) is 3.34. The van der Waals surface area contributed by atoms with Crippen LogP contribution in [0.3, 0.4) is 0 Å². The molecule has 0 radical (unpaired) electrons. The molecule has 5 amide bonds. The molecule has 13 heteroatoms. The Morgan fingerprint density at radius 3 is 2.33 bits per heavy atom. The highest BCUT2D eigenvalue weighted by Gasteiger charge is 2.74. The summed E-state index contributed by atoms with van der Waals surface area (Å²) in [5.74, 6) is -7.77. The van der Waals surface area contributed by atoms with E-state index in [4.69, 9.17) is 23.2 Å². The number of anilines is 1. The molecule has 2 N–H and O–H groups in total. The third-order valence-corrected chi connectivity index (χ3v) is 5.59. The number of nitrogens with zero attached hydrogens (tertiary/aromatic N) is 2. The highest BCUT2D eigenvalue weighted by atomic mass is 35.5. The summed E-state index contributed by atoms with van der Waals surface area (Å²) < 4.78 is 43.2. The summed E-state index contributed by atoms with van der Waals surface area (Å²) in [4.78, 5) is 54.6. The van der Waals surface area contributed by atoms with E-state index < -0.39 is 47.2 Å². The molecule has 2 aromatic rings. The number of hydrogen-bond acceptors (Lipinski definition) is 4. The Labute approximate surface area is 193 Å². The Balaban J connectivity index is 1.82. The van der Waals surface area contributed by atoms with Gasteiger partial charge in [-0.3, -0.25) is 19.7 Å². The smallest absolute Gasteiger partial charge is 0.329 e. The summed E-state index contributed by atoms with van der Waals surface area (Å²) in [6.45, 7) is 0. The number of halogens is 5. The highest BCUT2D eigenvalue weighted by molar-refractivity contribution is 6.36. The van der Waals surface area contributed by atoms with Gasteiger partial charge in [0, 0.05) is 15.6 Å². The molecule has 2 atom stereocenters. The highest BCUT2D eigenvalue weighted by Crippen LogP contribution is 2.44. The maximum absolute atomic E-state index is 14.4. The first-order chi connectivity index (χ1) is 15.5. The van der Waals surface area contributed by atoms with Crippen molar-refractivity contribution >= 4 is 58.5 Å². The van der Waals surface area contributed by atoms with Crippen molar-refractivity contribution in [3.8, 4) is 0 Å². The number of amides is 5. The number of urea groups is 1. The van der Waals surface area contributed by atoms with Crippen molar-refractivity contribution in [3.63, 3.8) is 0 Å². The molecular weight excluding hydrogens is 488 g/mol. The third kappa shape index (κ3) is 3.62. The molecule has 2 aliphatic heterocycles. The molecule has 1 fully saturated rings. The van der Waals surface area contributed by atoms with Crippen LogP contribution in [-0.4, -0.2) is 41.3 Å². The van der Waals surface area contributed by atoms with Gasteiger partial charge in [-0.2, -0.15) is 18.2 Å². The van der Waals surface area contributed by atoms with Crippen LogP contribution in [0.15, 0.2) is 53.5 Å². The summed E-state index contributed by atoms with van der Waals surface area (Å²) in [5.41, 5.74) is -4.04. The summed E-state index contributed by atoms with van der Waals surface area (Å²) in [5, 5.41) is 3.77. The topological polar surface area (TPSA) is 108 Å². The molecule has 2 aliphatic rings. The van der Waals surface area contributed by atoms with E-state index in [1.165, 1.54) is 42.5 Å². The number of alkyl halides is 3. The average Bonchev–Trinajstić information content (AvgIpc) is 3.02. The predicted molar refractivity (Wildman–Crippen MR) is 111 cm³/mol. The summed E-state index contributed by atoms with van der Waals surface area (Å²) >= 11 is 11.6. The fourth-order valence-corrected chi connectivity index (χ4v) is 3.92. The minimum absolute atomic E-state index is 0.0000854. The number of aliphatic imine (C=N–C) groups is 1. The zero-order valence-corrected chi connectivity index (χ0v) is 17.6. The van der Waals surface area contributed by atoms with E-state index in [1.54, 1.807) is 10.6 Å². The van der Waals surface area contributed by atoms with Crippen LogP contribution in [0.5, 0.6) is 0 Å². The van der Waals surface area contributed by atoms with Gasteiger partial charge in [0.05, 0.1) is 5.69 Å². The van der Waals surface area contributed by atoms with E-state index in [9.17, 15) is 32.3 Å². The molecule has 0 aliphatic carbocycles. The largest absolute Gasteiger partial charge is 0.422 e. The Bertz CT molecular complexity index is 1230. The van der Waals surface area contributed by atoms with E-state index in [-0.39, 0.29) is 21.3 Å². The number of amidine groups is 1.